The zero-order chi connectivity index (χ0) is 24.5. The molecule has 7 nitrogen and oxygen atoms in total. The number of carboxylic acids is 1. The third kappa shape index (κ3) is 6.59. The summed E-state index contributed by atoms with van der Waals surface area (Å²) in [7, 11) is 0. The topological polar surface area (TPSA) is 105 Å². The van der Waals surface area contributed by atoms with Gasteiger partial charge in [-0.15, -0.1) is 0 Å². The zero-order valence-electron chi connectivity index (χ0n) is 19.9. The predicted octanol–water partition coefficient (Wildman–Crippen LogP) is 4.70. The number of nitrogens with one attached hydrogen (secondary N) is 2. The number of benzene rings is 2. The molecule has 0 saturated heterocycles. The molecule has 0 aromatic heterocycles. The van der Waals surface area contributed by atoms with Gasteiger partial charge < -0.3 is 20.5 Å². The lowest BCUT2D eigenvalue weighted by molar-refractivity contribution is -0.137. The summed E-state index contributed by atoms with van der Waals surface area (Å²) < 4.78 is 5.50. The van der Waals surface area contributed by atoms with Crippen molar-refractivity contribution in [3.05, 3.63) is 59.7 Å². The Labute approximate surface area is 200 Å². The molecule has 2 aromatic rings. The second-order valence-corrected chi connectivity index (χ2v) is 8.86. The zero-order valence-corrected chi connectivity index (χ0v) is 19.9. The summed E-state index contributed by atoms with van der Waals surface area (Å²) in [5.74, 6) is -0.872. The van der Waals surface area contributed by atoms with Crippen LogP contribution in [0.25, 0.3) is 11.1 Å². The molecule has 0 heterocycles. The first-order valence-electron chi connectivity index (χ1n) is 12.0. The van der Waals surface area contributed by atoms with Crippen LogP contribution in [0.4, 0.5) is 4.79 Å². The van der Waals surface area contributed by atoms with Crippen LogP contribution in [-0.4, -0.2) is 42.3 Å². The van der Waals surface area contributed by atoms with E-state index in [1.807, 2.05) is 24.3 Å². The van der Waals surface area contributed by atoms with E-state index in [1.165, 1.54) is 0 Å². The molecule has 0 bridgehead atoms. The molecule has 2 unspecified atom stereocenters. The minimum Gasteiger partial charge on any atom is -0.481 e. The number of carboxylic acid groups (broad SMARTS) is 1. The molecule has 7 heteroatoms. The van der Waals surface area contributed by atoms with E-state index in [4.69, 9.17) is 9.84 Å². The van der Waals surface area contributed by atoms with Gasteiger partial charge in [0.15, 0.2) is 0 Å². The summed E-state index contributed by atoms with van der Waals surface area (Å²) in [6.45, 7) is 4.31. The highest BCUT2D eigenvalue weighted by atomic mass is 16.5. The number of carbonyl (C=O) groups is 3. The van der Waals surface area contributed by atoms with Crippen LogP contribution in [0, 0.1) is 5.92 Å². The van der Waals surface area contributed by atoms with Crippen LogP contribution in [0.1, 0.15) is 63.0 Å². The van der Waals surface area contributed by atoms with E-state index in [2.05, 4.69) is 41.8 Å². The number of ether oxygens (including phenoxy) is 1. The lowest BCUT2D eigenvalue weighted by atomic mass is 9.94. The number of alkyl carbamates (subject to hydrolysis) is 1. The van der Waals surface area contributed by atoms with Crippen LogP contribution in [0.15, 0.2) is 48.5 Å². The van der Waals surface area contributed by atoms with Gasteiger partial charge in [-0.25, -0.2) is 4.79 Å². The standard InChI is InChI=1S/C27H34N2O5/c1-3-8-19(13-14-25(30)31)15-16-28-26(32)18(2)29-27(33)34-17-24-22-11-6-4-9-20(22)21-10-5-7-12-23(21)24/h4-7,9-12,18-19,24H,3,8,13-17H2,1-2H3,(H,28,32)(H,29,33)(H,30,31). The summed E-state index contributed by atoms with van der Waals surface area (Å²) in [5, 5.41) is 14.3. The Balaban J connectivity index is 1.45. The molecule has 0 fully saturated rings. The van der Waals surface area contributed by atoms with Crippen molar-refractivity contribution in [1.82, 2.24) is 10.6 Å². The average molecular weight is 467 g/mol. The van der Waals surface area contributed by atoms with Crippen LogP contribution >= 0.6 is 0 Å². The highest BCUT2D eigenvalue weighted by Gasteiger charge is 2.29. The summed E-state index contributed by atoms with van der Waals surface area (Å²) >= 11 is 0. The number of amides is 2. The van der Waals surface area contributed by atoms with E-state index in [0.717, 1.165) is 35.1 Å². The highest BCUT2D eigenvalue weighted by Crippen LogP contribution is 2.44. The van der Waals surface area contributed by atoms with Crippen molar-refractivity contribution in [2.75, 3.05) is 13.2 Å². The largest absolute Gasteiger partial charge is 0.481 e. The Morgan fingerprint density at radius 1 is 0.971 bits per heavy atom. The van der Waals surface area contributed by atoms with E-state index in [-0.39, 0.29) is 30.8 Å². The average Bonchev–Trinajstić information content (AvgIpc) is 3.14. The van der Waals surface area contributed by atoms with Gasteiger partial charge in [-0.1, -0.05) is 68.3 Å². The summed E-state index contributed by atoms with van der Waals surface area (Å²) in [6.07, 6.45) is 2.72. The van der Waals surface area contributed by atoms with Gasteiger partial charge in [-0.05, 0) is 47.9 Å². The molecule has 2 atom stereocenters. The molecule has 2 aromatic carbocycles. The van der Waals surface area contributed by atoms with Crippen LogP contribution in [0.2, 0.25) is 0 Å². The van der Waals surface area contributed by atoms with Crippen molar-refractivity contribution in [1.29, 1.82) is 0 Å². The van der Waals surface area contributed by atoms with Gasteiger partial charge in [-0.3, -0.25) is 9.59 Å². The molecular formula is C27H34N2O5. The third-order valence-electron chi connectivity index (χ3n) is 6.39. The summed E-state index contributed by atoms with van der Waals surface area (Å²) in [4.78, 5) is 35.6. The van der Waals surface area contributed by atoms with Gasteiger partial charge in [0.05, 0.1) is 0 Å². The van der Waals surface area contributed by atoms with Crippen LogP contribution in [0.5, 0.6) is 0 Å². The van der Waals surface area contributed by atoms with Crippen LogP contribution in [-0.2, 0) is 14.3 Å². The molecule has 0 radical (unpaired) electrons. The molecule has 3 N–H and O–H groups in total. The second-order valence-electron chi connectivity index (χ2n) is 8.86. The first-order chi connectivity index (χ1) is 16.4. The van der Waals surface area contributed by atoms with Crippen molar-refractivity contribution in [2.45, 2.75) is 57.9 Å². The maximum Gasteiger partial charge on any atom is 0.407 e. The number of carbonyl (C=O) groups excluding carboxylic acids is 2. The molecule has 0 spiro atoms. The van der Waals surface area contributed by atoms with Crippen molar-refractivity contribution < 1.29 is 24.2 Å². The third-order valence-corrected chi connectivity index (χ3v) is 6.39. The second kappa shape index (κ2) is 12.2. The lowest BCUT2D eigenvalue weighted by Gasteiger charge is -2.18. The monoisotopic (exact) mass is 466 g/mol. The molecule has 3 rings (SSSR count). The number of hydrogen-bond donors (Lipinski definition) is 3. The van der Waals surface area contributed by atoms with Gasteiger partial charge in [0.25, 0.3) is 0 Å². The van der Waals surface area contributed by atoms with E-state index in [9.17, 15) is 14.4 Å². The Kier molecular flexibility index (Phi) is 9.08. The SMILES string of the molecule is CCCC(CCNC(=O)C(C)NC(=O)OCC1c2ccccc2-c2ccccc21)CCC(=O)O. The first-order valence-corrected chi connectivity index (χ1v) is 12.0. The quantitative estimate of drug-likeness (QED) is 0.421. The Morgan fingerprint density at radius 3 is 2.18 bits per heavy atom. The van der Waals surface area contributed by atoms with Crippen molar-refractivity contribution >= 4 is 18.0 Å². The fraction of sp³-hybridized carbons (Fsp3) is 0.444. The Bertz CT molecular complexity index is 961. The van der Waals surface area contributed by atoms with Crippen LogP contribution in [0.3, 0.4) is 0 Å². The minimum absolute atomic E-state index is 0.0383. The smallest absolute Gasteiger partial charge is 0.407 e. The number of hydrogen-bond acceptors (Lipinski definition) is 4. The number of fused-ring (bicyclic) bond motifs is 3. The van der Waals surface area contributed by atoms with Gasteiger partial charge in [0.2, 0.25) is 5.91 Å². The van der Waals surface area contributed by atoms with Crippen LogP contribution < -0.4 is 10.6 Å². The Morgan fingerprint density at radius 2 is 1.59 bits per heavy atom. The van der Waals surface area contributed by atoms with E-state index in [1.54, 1.807) is 6.92 Å². The number of rotatable bonds is 12. The number of aliphatic carboxylic acids is 1. The molecule has 0 aliphatic heterocycles. The van der Waals surface area contributed by atoms with E-state index in [0.29, 0.717) is 19.4 Å². The van der Waals surface area contributed by atoms with E-state index >= 15 is 0 Å². The van der Waals surface area contributed by atoms with Crippen molar-refractivity contribution in [3.8, 4) is 11.1 Å². The molecule has 1 aliphatic carbocycles. The highest BCUT2D eigenvalue weighted by molar-refractivity contribution is 5.85. The summed E-state index contributed by atoms with van der Waals surface area (Å²) in [6, 6.07) is 15.5. The maximum absolute atomic E-state index is 12.4. The minimum atomic E-state index is -0.800. The van der Waals surface area contributed by atoms with Gasteiger partial charge in [-0.2, -0.15) is 0 Å². The molecule has 2 amide bonds. The predicted molar refractivity (Wildman–Crippen MR) is 131 cm³/mol. The molecule has 34 heavy (non-hydrogen) atoms. The first kappa shape index (κ1) is 25.3. The fourth-order valence-corrected chi connectivity index (χ4v) is 4.60. The molecule has 0 saturated carbocycles. The molecular weight excluding hydrogens is 432 g/mol. The Hall–Kier alpha value is -3.35. The maximum atomic E-state index is 12.4. The molecule has 1 aliphatic rings. The normalized spacial score (nSPS) is 13.9. The van der Waals surface area contributed by atoms with Crippen molar-refractivity contribution in [3.63, 3.8) is 0 Å². The van der Waals surface area contributed by atoms with Gasteiger partial charge >= 0.3 is 12.1 Å². The van der Waals surface area contributed by atoms with E-state index < -0.39 is 18.1 Å². The lowest BCUT2D eigenvalue weighted by Crippen LogP contribution is -2.45. The fourth-order valence-electron chi connectivity index (χ4n) is 4.60. The van der Waals surface area contributed by atoms with Gasteiger partial charge in [0.1, 0.15) is 12.6 Å². The van der Waals surface area contributed by atoms with Crippen molar-refractivity contribution in [2.24, 2.45) is 5.92 Å². The summed E-state index contributed by atoms with van der Waals surface area (Å²) in [5.41, 5.74) is 4.58. The van der Waals surface area contributed by atoms with Gasteiger partial charge in [0, 0.05) is 18.9 Å². The molecule has 182 valence electrons.